The Kier molecular flexibility index (Phi) is 15.1. The highest BCUT2D eigenvalue weighted by atomic mass is 16.7. The fourth-order valence-electron chi connectivity index (χ4n) is 8.98. The maximum atomic E-state index is 14.3. The van der Waals surface area contributed by atoms with E-state index in [-0.39, 0.29) is 24.0 Å². The highest BCUT2D eigenvalue weighted by Crippen LogP contribution is 2.61. The molecule has 2 saturated heterocycles. The first-order valence-corrected chi connectivity index (χ1v) is 19.7. The van der Waals surface area contributed by atoms with Crippen LogP contribution in [0.3, 0.4) is 0 Å². The van der Waals surface area contributed by atoms with Crippen LogP contribution in [-0.2, 0) is 23.7 Å². The number of rotatable bonds is 13. The van der Waals surface area contributed by atoms with E-state index in [1.165, 1.54) is 6.92 Å². The minimum absolute atomic E-state index is 0.0163. The fourth-order valence-corrected chi connectivity index (χ4v) is 8.98. The Bertz CT molecular complexity index is 1420. The second-order valence-electron chi connectivity index (χ2n) is 17.2. The van der Waals surface area contributed by atoms with Gasteiger partial charge < -0.3 is 54.7 Å². The molecule has 4 aliphatic rings. The van der Waals surface area contributed by atoms with Gasteiger partial charge in [0.2, 0.25) is 0 Å². The molecule has 2 heterocycles. The lowest BCUT2D eigenvalue weighted by atomic mass is 9.51. The van der Waals surface area contributed by atoms with Crippen molar-refractivity contribution < 1.29 is 59.5 Å². The van der Waals surface area contributed by atoms with Crippen LogP contribution in [0.15, 0.2) is 46.6 Å². The van der Waals surface area contributed by atoms with E-state index in [0.29, 0.717) is 18.4 Å². The summed E-state index contributed by atoms with van der Waals surface area (Å²) in [5.74, 6) is -1.17. The van der Waals surface area contributed by atoms with Gasteiger partial charge in [0.15, 0.2) is 12.6 Å². The zero-order chi connectivity index (χ0) is 40.4. The van der Waals surface area contributed by atoms with E-state index in [1.807, 2.05) is 72.8 Å². The van der Waals surface area contributed by atoms with E-state index in [4.69, 9.17) is 18.9 Å². The summed E-state index contributed by atoms with van der Waals surface area (Å²) in [6.45, 7) is 18.7. The average molecular weight is 765 g/mol. The summed E-state index contributed by atoms with van der Waals surface area (Å²) >= 11 is 0. The molecule has 12 nitrogen and oxygen atoms in total. The van der Waals surface area contributed by atoms with E-state index in [1.54, 1.807) is 6.92 Å². The quantitative estimate of drug-likeness (QED) is 0.134. The number of allylic oxidation sites excluding steroid dienone is 2. The second-order valence-corrected chi connectivity index (χ2v) is 17.2. The Hall–Kier alpha value is -1.81. The third-order valence-corrected chi connectivity index (χ3v) is 12.8. The minimum atomic E-state index is -1.61. The van der Waals surface area contributed by atoms with Gasteiger partial charge in [0.1, 0.15) is 42.4 Å². The average Bonchev–Trinajstić information content (AvgIpc) is 3.53. The zero-order valence-corrected chi connectivity index (χ0v) is 33.9. The molecule has 12 heteroatoms. The molecule has 4 fully saturated rings. The number of ketones is 1. The van der Waals surface area contributed by atoms with E-state index in [9.17, 15) is 40.5 Å². The standard InChI is InChI=1S/C42H68O12/c1-21(2)13-15-30(43)23(5)17-19-42(50)29(32(44)25(7)28-12-11-18-41(28,42)10)20-24(6)31(16-14-22(3)4)53-39-37(49)35(47)38(27(9)52-39)54-40-36(48)34(46)33(45)26(8)51-40/h13-14,17,20,25-31,33-40,43,45-50H,11-12,15-16,18-19H2,1-10H3. The van der Waals surface area contributed by atoms with Gasteiger partial charge in [0, 0.05) is 11.3 Å². The molecular weight excluding hydrogens is 696 g/mol. The number of hydrogen-bond acceptors (Lipinski definition) is 12. The van der Waals surface area contributed by atoms with Crippen molar-refractivity contribution in [1.82, 2.24) is 0 Å². The van der Waals surface area contributed by atoms with Crippen molar-refractivity contribution in [3.8, 4) is 0 Å². The van der Waals surface area contributed by atoms with Crippen LogP contribution in [0.1, 0.15) is 108 Å². The topological polar surface area (TPSA) is 196 Å². The maximum Gasteiger partial charge on any atom is 0.187 e. The monoisotopic (exact) mass is 764 g/mol. The molecule has 2 aliphatic heterocycles. The molecule has 2 aliphatic carbocycles. The third-order valence-electron chi connectivity index (χ3n) is 12.8. The van der Waals surface area contributed by atoms with Gasteiger partial charge in [0.25, 0.3) is 0 Å². The van der Waals surface area contributed by atoms with Gasteiger partial charge in [0.05, 0.1) is 35.9 Å². The van der Waals surface area contributed by atoms with Crippen LogP contribution in [0.25, 0.3) is 0 Å². The molecule has 4 rings (SSSR count). The Balaban J connectivity index is 1.62. The summed E-state index contributed by atoms with van der Waals surface area (Å²) in [6.07, 6.45) is -3.53. The normalized spacial score (nSPS) is 43.0. The minimum Gasteiger partial charge on any atom is -0.388 e. The molecule has 0 aromatic rings. The van der Waals surface area contributed by atoms with Crippen LogP contribution in [0.5, 0.6) is 0 Å². The van der Waals surface area contributed by atoms with E-state index >= 15 is 0 Å². The molecule has 54 heavy (non-hydrogen) atoms. The van der Waals surface area contributed by atoms with Crippen molar-refractivity contribution in [2.24, 2.45) is 23.2 Å². The fraction of sp³-hybridized carbons (Fsp3) is 0.786. The first-order chi connectivity index (χ1) is 25.1. The molecule has 2 saturated carbocycles. The number of carbonyl (C=O) groups excluding carboxylic acids is 1. The van der Waals surface area contributed by atoms with Crippen molar-refractivity contribution >= 4 is 5.78 Å². The van der Waals surface area contributed by atoms with Gasteiger partial charge in [-0.25, -0.2) is 0 Å². The predicted octanol–water partition coefficient (Wildman–Crippen LogP) is 3.78. The SMILES string of the molecule is CC(C)=CCC(O)C(C)=CCC1(O)C(C=C(C)C(CC=C(C)C)OC2OC(C)C(OC3OC(C)C(O)C(O)C3O)C(O)C2O)C(=O)C(C)C2CCCC21C. The summed E-state index contributed by atoms with van der Waals surface area (Å²) < 4.78 is 23.9. The molecule has 0 bridgehead atoms. The van der Waals surface area contributed by atoms with E-state index < -0.39 is 90.6 Å². The summed E-state index contributed by atoms with van der Waals surface area (Å²) in [5.41, 5.74) is 1.51. The largest absolute Gasteiger partial charge is 0.388 e. The van der Waals surface area contributed by atoms with Gasteiger partial charge >= 0.3 is 0 Å². The van der Waals surface area contributed by atoms with Gasteiger partial charge in [-0.2, -0.15) is 0 Å². The number of ether oxygens (including phenoxy) is 4. The number of hydrogen-bond donors (Lipinski definition) is 7. The lowest BCUT2D eigenvalue weighted by Crippen LogP contribution is -2.63. The van der Waals surface area contributed by atoms with Crippen LogP contribution < -0.4 is 0 Å². The smallest absolute Gasteiger partial charge is 0.187 e. The Morgan fingerprint density at radius 2 is 1.41 bits per heavy atom. The van der Waals surface area contributed by atoms with E-state index in [0.717, 1.165) is 36.0 Å². The number of aliphatic hydroxyl groups excluding tert-OH is 6. The van der Waals surface area contributed by atoms with Crippen molar-refractivity contribution in [3.05, 3.63) is 46.6 Å². The Labute approximate surface area is 321 Å². The summed E-state index contributed by atoms with van der Waals surface area (Å²) in [5, 5.41) is 77.1. The van der Waals surface area contributed by atoms with Crippen LogP contribution in [0, 0.1) is 23.2 Å². The second kappa shape index (κ2) is 18.2. The lowest BCUT2D eigenvalue weighted by molar-refractivity contribution is -0.354. The molecule has 0 aromatic heterocycles. The molecule has 0 aromatic carbocycles. The molecule has 17 unspecified atom stereocenters. The number of aliphatic hydroxyl groups is 7. The van der Waals surface area contributed by atoms with Gasteiger partial charge in [-0.1, -0.05) is 55.7 Å². The highest BCUT2D eigenvalue weighted by Gasteiger charge is 2.64. The van der Waals surface area contributed by atoms with Crippen molar-refractivity contribution in [2.75, 3.05) is 0 Å². The number of carbonyl (C=O) groups is 1. The maximum absolute atomic E-state index is 14.3. The molecule has 0 amide bonds. The van der Waals surface area contributed by atoms with Crippen molar-refractivity contribution in [2.45, 2.75) is 187 Å². The van der Waals surface area contributed by atoms with Crippen LogP contribution in [0.4, 0.5) is 0 Å². The summed E-state index contributed by atoms with van der Waals surface area (Å²) in [6, 6.07) is 0. The van der Waals surface area contributed by atoms with Crippen LogP contribution in [-0.4, -0.2) is 121 Å². The lowest BCUT2D eigenvalue weighted by Gasteiger charge is -2.55. The molecule has 17 atom stereocenters. The Morgan fingerprint density at radius 3 is 2.04 bits per heavy atom. The molecule has 0 spiro atoms. The summed E-state index contributed by atoms with van der Waals surface area (Å²) in [4.78, 5) is 14.3. The molecular formula is C42H68O12. The predicted molar refractivity (Wildman–Crippen MR) is 203 cm³/mol. The molecule has 308 valence electrons. The van der Waals surface area contributed by atoms with Gasteiger partial charge in [-0.3, -0.25) is 4.79 Å². The zero-order valence-electron chi connectivity index (χ0n) is 33.9. The van der Waals surface area contributed by atoms with Gasteiger partial charge in [-0.05, 0) is 105 Å². The van der Waals surface area contributed by atoms with Crippen molar-refractivity contribution in [1.29, 1.82) is 0 Å². The first kappa shape index (κ1) is 44.9. The summed E-state index contributed by atoms with van der Waals surface area (Å²) in [7, 11) is 0. The van der Waals surface area contributed by atoms with Crippen LogP contribution >= 0.6 is 0 Å². The van der Waals surface area contributed by atoms with Crippen molar-refractivity contribution in [3.63, 3.8) is 0 Å². The highest BCUT2D eigenvalue weighted by molar-refractivity contribution is 5.88. The van der Waals surface area contributed by atoms with Gasteiger partial charge in [-0.15, -0.1) is 0 Å². The van der Waals surface area contributed by atoms with Crippen LogP contribution in [0.2, 0.25) is 0 Å². The number of Topliss-reactive ketones (excluding diaryl/α,β-unsaturated/α-hetero) is 1. The molecule has 7 N–H and O–H groups in total. The third kappa shape index (κ3) is 9.31. The van der Waals surface area contributed by atoms with E-state index in [2.05, 4.69) is 6.92 Å². The Morgan fingerprint density at radius 1 is 0.815 bits per heavy atom. The number of fused-ring (bicyclic) bond motifs is 1. The first-order valence-electron chi connectivity index (χ1n) is 19.7. The molecule has 0 radical (unpaired) electrons.